The monoisotopic (exact) mass is 505 g/mol. The number of para-hydroxylation sites is 3. The molecule has 6 nitrogen and oxygen atoms in total. The van der Waals surface area contributed by atoms with Crippen LogP contribution >= 0.6 is 23.4 Å². The number of nitrogens with zero attached hydrogens (tertiary/aromatic N) is 3. The highest BCUT2D eigenvalue weighted by Crippen LogP contribution is 2.35. The zero-order valence-electron chi connectivity index (χ0n) is 19.6. The van der Waals surface area contributed by atoms with Crippen LogP contribution in [0.5, 0.6) is 5.75 Å². The number of benzene rings is 3. The Morgan fingerprint density at radius 2 is 1.83 bits per heavy atom. The van der Waals surface area contributed by atoms with E-state index in [2.05, 4.69) is 13.0 Å². The van der Waals surface area contributed by atoms with Crippen LogP contribution in [0.4, 0.5) is 5.69 Å². The van der Waals surface area contributed by atoms with Crippen LogP contribution in [0, 0.1) is 0 Å². The number of amides is 1. The third kappa shape index (κ3) is 4.19. The van der Waals surface area contributed by atoms with Gasteiger partial charge in [-0.2, -0.15) is 0 Å². The molecule has 0 fully saturated rings. The molecule has 178 valence electrons. The van der Waals surface area contributed by atoms with E-state index < -0.39 is 5.25 Å². The maximum Gasteiger partial charge on any atom is 0.266 e. The minimum atomic E-state index is -0.493. The van der Waals surface area contributed by atoms with Crippen LogP contribution in [0.2, 0.25) is 5.02 Å². The number of fused-ring (bicyclic) bond motifs is 2. The Bertz CT molecular complexity index is 1500. The van der Waals surface area contributed by atoms with Crippen molar-refractivity contribution in [1.82, 2.24) is 9.55 Å². The number of ether oxygens (including phenoxy) is 1. The third-order valence-electron chi connectivity index (χ3n) is 6.20. The Balaban J connectivity index is 1.60. The van der Waals surface area contributed by atoms with E-state index in [-0.39, 0.29) is 17.5 Å². The summed E-state index contributed by atoms with van der Waals surface area (Å²) in [5.41, 5.74) is 2.90. The van der Waals surface area contributed by atoms with Crippen LogP contribution in [0.15, 0.2) is 76.7 Å². The predicted octanol–water partition coefficient (Wildman–Crippen LogP) is 5.51. The Hall–Kier alpha value is -3.29. The number of carbonyl (C=O) groups excluding carboxylic acids is 1. The highest BCUT2D eigenvalue weighted by atomic mass is 35.5. The molecule has 1 aliphatic rings. The summed E-state index contributed by atoms with van der Waals surface area (Å²) < 4.78 is 7.05. The highest BCUT2D eigenvalue weighted by molar-refractivity contribution is 8.00. The fraction of sp³-hybridized carbons (Fsp3) is 0.222. The van der Waals surface area contributed by atoms with Gasteiger partial charge in [0, 0.05) is 16.8 Å². The molecule has 3 aromatic carbocycles. The van der Waals surface area contributed by atoms with Crippen LogP contribution < -0.4 is 15.2 Å². The SMILES string of the molecule is COc1ccccc1-n1c(SC(C)C(=O)N2c3ccccc3CC2C)nc2cc(Cl)ccc2c1=O. The molecule has 0 aliphatic carbocycles. The summed E-state index contributed by atoms with van der Waals surface area (Å²) in [4.78, 5) is 33.9. The molecule has 1 aliphatic heterocycles. The first-order chi connectivity index (χ1) is 16.9. The second kappa shape index (κ2) is 9.40. The molecule has 1 amide bonds. The topological polar surface area (TPSA) is 64.4 Å². The standard InChI is InChI=1S/C27H24ClN3O3S/c1-16-14-18-8-4-5-9-22(18)30(16)25(32)17(2)35-27-29-21-15-19(28)12-13-20(21)26(33)31(27)23-10-6-7-11-24(23)34-3/h4-13,15-17H,14H2,1-3H3. The first-order valence-corrected chi connectivity index (χ1v) is 12.6. The molecule has 0 spiro atoms. The summed E-state index contributed by atoms with van der Waals surface area (Å²) in [7, 11) is 1.56. The Labute approximate surface area is 212 Å². The Morgan fingerprint density at radius 3 is 2.60 bits per heavy atom. The van der Waals surface area contributed by atoms with Gasteiger partial charge in [-0.3, -0.25) is 14.2 Å². The van der Waals surface area contributed by atoms with Crippen molar-refractivity contribution in [2.45, 2.75) is 36.7 Å². The summed E-state index contributed by atoms with van der Waals surface area (Å²) in [6.45, 7) is 3.90. The molecule has 2 unspecified atom stereocenters. The van der Waals surface area contributed by atoms with E-state index in [0.717, 1.165) is 17.7 Å². The van der Waals surface area contributed by atoms with Crippen molar-refractivity contribution in [3.8, 4) is 11.4 Å². The lowest BCUT2D eigenvalue weighted by Gasteiger charge is -2.26. The van der Waals surface area contributed by atoms with Gasteiger partial charge < -0.3 is 9.64 Å². The number of thioether (sulfide) groups is 1. The van der Waals surface area contributed by atoms with Gasteiger partial charge in [0.15, 0.2) is 5.16 Å². The number of hydrogen-bond acceptors (Lipinski definition) is 5. The van der Waals surface area contributed by atoms with Gasteiger partial charge in [0.2, 0.25) is 5.91 Å². The van der Waals surface area contributed by atoms with Gasteiger partial charge in [-0.05, 0) is 62.2 Å². The summed E-state index contributed by atoms with van der Waals surface area (Å²) in [5.74, 6) is 0.507. The highest BCUT2D eigenvalue weighted by Gasteiger charge is 2.34. The maximum absolute atomic E-state index is 13.7. The average molecular weight is 506 g/mol. The summed E-state index contributed by atoms with van der Waals surface area (Å²) in [5, 5.41) is 0.830. The Morgan fingerprint density at radius 1 is 1.11 bits per heavy atom. The van der Waals surface area contributed by atoms with E-state index in [0.29, 0.717) is 32.5 Å². The average Bonchev–Trinajstić information content (AvgIpc) is 3.19. The smallest absolute Gasteiger partial charge is 0.266 e. The zero-order chi connectivity index (χ0) is 24.7. The normalized spacial score (nSPS) is 15.8. The number of aromatic nitrogens is 2. The quantitative estimate of drug-likeness (QED) is 0.264. The zero-order valence-corrected chi connectivity index (χ0v) is 21.1. The van der Waals surface area contributed by atoms with Crippen molar-refractivity contribution >= 4 is 45.9 Å². The van der Waals surface area contributed by atoms with Gasteiger partial charge in [-0.15, -0.1) is 0 Å². The maximum atomic E-state index is 13.7. The van der Waals surface area contributed by atoms with Gasteiger partial charge in [0.05, 0.1) is 29.0 Å². The van der Waals surface area contributed by atoms with Gasteiger partial charge in [0.1, 0.15) is 5.75 Å². The lowest BCUT2D eigenvalue weighted by atomic mass is 10.1. The summed E-state index contributed by atoms with van der Waals surface area (Å²) in [6, 6.07) is 20.3. The number of hydrogen-bond donors (Lipinski definition) is 0. The van der Waals surface area contributed by atoms with Crippen LogP contribution in [-0.2, 0) is 11.2 Å². The molecule has 1 aromatic heterocycles. The molecule has 2 heterocycles. The predicted molar refractivity (Wildman–Crippen MR) is 141 cm³/mol. The van der Waals surface area contributed by atoms with E-state index >= 15 is 0 Å². The van der Waals surface area contributed by atoms with E-state index in [9.17, 15) is 9.59 Å². The number of anilines is 1. The van der Waals surface area contributed by atoms with Crippen LogP contribution in [0.25, 0.3) is 16.6 Å². The molecule has 0 N–H and O–H groups in total. The van der Waals surface area contributed by atoms with Crippen LogP contribution in [0.1, 0.15) is 19.4 Å². The van der Waals surface area contributed by atoms with Gasteiger partial charge in [-0.1, -0.05) is 53.7 Å². The summed E-state index contributed by atoms with van der Waals surface area (Å²) >= 11 is 7.45. The molecule has 35 heavy (non-hydrogen) atoms. The number of rotatable bonds is 5. The van der Waals surface area contributed by atoms with Gasteiger partial charge in [0.25, 0.3) is 5.56 Å². The Kier molecular flexibility index (Phi) is 6.30. The van der Waals surface area contributed by atoms with Gasteiger partial charge in [-0.25, -0.2) is 4.98 Å². The molecule has 5 rings (SSSR count). The largest absolute Gasteiger partial charge is 0.495 e. The number of carbonyl (C=O) groups is 1. The molecular formula is C27H24ClN3O3S. The second-order valence-corrected chi connectivity index (χ2v) is 10.3. The van der Waals surface area contributed by atoms with Crippen molar-refractivity contribution in [1.29, 1.82) is 0 Å². The van der Waals surface area contributed by atoms with E-state index in [4.69, 9.17) is 21.3 Å². The third-order valence-corrected chi connectivity index (χ3v) is 7.48. The minimum absolute atomic E-state index is 0.0283. The lowest BCUT2D eigenvalue weighted by molar-refractivity contribution is -0.118. The van der Waals surface area contributed by atoms with Crippen molar-refractivity contribution in [2.24, 2.45) is 0 Å². The van der Waals surface area contributed by atoms with Gasteiger partial charge >= 0.3 is 0 Å². The van der Waals surface area contributed by atoms with E-state index in [1.165, 1.54) is 16.3 Å². The first kappa shape index (κ1) is 23.5. The fourth-order valence-electron chi connectivity index (χ4n) is 4.55. The van der Waals surface area contributed by atoms with Crippen molar-refractivity contribution < 1.29 is 9.53 Å². The van der Waals surface area contributed by atoms with E-state index in [1.807, 2.05) is 42.2 Å². The van der Waals surface area contributed by atoms with Crippen LogP contribution in [0.3, 0.4) is 0 Å². The van der Waals surface area contributed by atoms with E-state index in [1.54, 1.807) is 37.4 Å². The molecule has 8 heteroatoms. The minimum Gasteiger partial charge on any atom is -0.495 e. The van der Waals surface area contributed by atoms with Crippen molar-refractivity contribution in [2.75, 3.05) is 12.0 Å². The van der Waals surface area contributed by atoms with Crippen molar-refractivity contribution in [3.63, 3.8) is 0 Å². The lowest BCUT2D eigenvalue weighted by Crippen LogP contribution is -2.40. The fourth-order valence-corrected chi connectivity index (χ4v) is 5.68. The van der Waals surface area contributed by atoms with Crippen molar-refractivity contribution in [3.05, 3.63) is 87.7 Å². The molecular weight excluding hydrogens is 482 g/mol. The number of halogens is 1. The van der Waals surface area contributed by atoms with Crippen LogP contribution in [-0.4, -0.2) is 33.9 Å². The molecule has 4 aromatic rings. The molecule has 2 atom stereocenters. The molecule has 0 bridgehead atoms. The molecule has 0 saturated carbocycles. The second-order valence-electron chi connectivity index (χ2n) is 8.52. The number of methoxy groups -OCH3 is 1. The first-order valence-electron chi connectivity index (χ1n) is 11.3. The molecule has 0 radical (unpaired) electrons. The summed E-state index contributed by atoms with van der Waals surface area (Å²) in [6.07, 6.45) is 0.817. The molecule has 0 saturated heterocycles.